The molecular weight excluding hydrogens is 250 g/mol. The highest BCUT2D eigenvalue weighted by atomic mass is 35.5. The minimum atomic E-state index is -1.09. The molecule has 7 nitrogen and oxygen atoms in total. The molecule has 0 bridgehead atoms. The van der Waals surface area contributed by atoms with E-state index in [1.807, 2.05) is 0 Å². The molecule has 0 atom stereocenters. The highest BCUT2D eigenvalue weighted by molar-refractivity contribution is 6.30. The fraction of sp³-hybridized carbons (Fsp3) is 0.333. The van der Waals surface area contributed by atoms with Gasteiger partial charge in [-0.1, -0.05) is 11.6 Å². The Bertz CT molecular complexity index is 452. The summed E-state index contributed by atoms with van der Waals surface area (Å²) in [5.74, 6) is -1.08. The minimum absolute atomic E-state index is 0.00398. The van der Waals surface area contributed by atoms with Crippen LogP contribution in [-0.4, -0.2) is 34.1 Å². The van der Waals surface area contributed by atoms with E-state index in [-0.39, 0.29) is 23.1 Å². The van der Waals surface area contributed by atoms with Crippen molar-refractivity contribution in [1.29, 1.82) is 0 Å². The molecule has 0 amide bonds. The number of anilines is 1. The van der Waals surface area contributed by atoms with Crippen molar-refractivity contribution in [2.75, 3.05) is 18.0 Å². The van der Waals surface area contributed by atoms with Gasteiger partial charge in [-0.25, -0.2) is 4.98 Å². The van der Waals surface area contributed by atoms with Crippen molar-refractivity contribution in [3.05, 3.63) is 27.4 Å². The maximum Gasteiger partial charge on any atom is 0.323 e. The molecule has 0 aliphatic rings. The van der Waals surface area contributed by atoms with E-state index >= 15 is 0 Å². The fourth-order valence-corrected chi connectivity index (χ4v) is 1.45. The van der Waals surface area contributed by atoms with Gasteiger partial charge >= 0.3 is 11.7 Å². The van der Waals surface area contributed by atoms with Gasteiger partial charge in [0.2, 0.25) is 5.82 Å². The number of hydrogen-bond acceptors (Lipinski definition) is 5. The number of halogens is 1. The number of hydrogen-bond donors (Lipinski definition) is 1. The number of carboxylic acid groups (broad SMARTS) is 1. The van der Waals surface area contributed by atoms with Gasteiger partial charge in [-0.2, -0.15) is 0 Å². The summed E-state index contributed by atoms with van der Waals surface area (Å²) < 4.78 is 0. The van der Waals surface area contributed by atoms with E-state index in [0.717, 1.165) is 6.07 Å². The first-order valence-electron chi connectivity index (χ1n) is 4.72. The van der Waals surface area contributed by atoms with Gasteiger partial charge < -0.3 is 10.0 Å². The zero-order valence-corrected chi connectivity index (χ0v) is 9.72. The van der Waals surface area contributed by atoms with E-state index in [4.69, 9.17) is 16.7 Å². The molecule has 0 unspecified atom stereocenters. The topological polar surface area (TPSA) is 96.6 Å². The summed E-state index contributed by atoms with van der Waals surface area (Å²) in [4.78, 5) is 25.9. The Balaban J connectivity index is 3.18. The molecule has 17 heavy (non-hydrogen) atoms. The van der Waals surface area contributed by atoms with E-state index in [1.165, 1.54) is 11.1 Å². The molecule has 1 aromatic rings. The number of nitrogens with zero attached hydrogens (tertiary/aromatic N) is 3. The van der Waals surface area contributed by atoms with Gasteiger partial charge in [0.1, 0.15) is 6.54 Å². The van der Waals surface area contributed by atoms with Crippen molar-refractivity contribution < 1.29 is 14.8 Å². The lowest BCUT2D eigenvalue weighted by Crippen LogP contribution is -2.30. The number of likely N-dealkylation sites (N-methyl/N-ethyl adjacent to an activating group) is 1. The summed E-state index contributed by atoms with van der Waals surface area (Å²) in [6, 6.07) is 1.15. The number of aromatic nitrogens is 1. The second-order valence-electron chi connectivity index (χ2n) is 3.16. The Morgan fingerprint density at radius 1 is 1.71 bits per heavy atom. The SMILES string of the molecule is CCN(CC(=O)O)c1ncc(Cl)cc1[N+](=O)[O-]. The highest BCUT2D eigenvalue weighted by Gasteiger charge is 2.22. The van der Waals surface area contributed by atoms with Gasteiger partial charge in [0.25, 0.3) is 0 Å². The molecule has 0 radical (unpaired) electrons. The van der Waals surface area contributed by atoms with Crippen LogP contribution < -0.4 is 4.90 Å². The Kier molecular flexibility index (Phi) is 4.22. The Labute approximate surface area is 102 Å². The van der Waals surface area contributed by atoms with Crippen LogP contribution in [-0.2, 0) is 4.79 Å². The molecule has 1 heterocycles. The Morgan fingerprint density at radius 3 is 2.82 bits per heavy atom. The predicted octanol–water partition coefficient (Wildman–Crippen LogP) is 1.55. The lowest BCUT2D eigenvalue weighted by atomic mass is 10.3. The predicted molar refractivity (Wildman–Crippen MR) is 61.4 cm³/mol. The van der Waals surface area contributed by atoms with Gasteiger partial charge in [0.15, 0.2) is 0 Å². The van der Waals surface area contributed by atoms with Gasteiger partial charge in [-0.15, -0.1) is 0 Å². The maximum atomic E-state index is 10.8. The molecule has 92 valence electrons. The van der Waals surface area contributed by atoms with Crippen LogP contribution in [0.25, 0.3) is 0 Å². The van der Waals surface area contributed by atoms with Crippen LogP contribution in [0.1, 0.15) is 6.92 Å². The number of carbonyl (C=O) groups is 1. The molecular formula is C9H10ClN3O4. The van der Waals surface area contributed by atoms with E-state index in [9.17, 15) is 14.9 Å². The van der Waals surface area contributed by atoms with Crippen LogP contribution in [0.15, 0.2) is 12.3 Å². The average molecular weight is 260 g/mol. The van der Waals surface area contributed by atoms with Crippen molar-refractivity contribution >= 4 is 29.1 Å². The first kappa shape index (κ1) is 13.2. The largest absolute Gasteiger partial charge is 0.480 e. The summed E-state index contributed by atoms with van der Waals surface area (Å²) in [6.45, 7) is 1.62. The zero-order chi connectivity index (χ0) is 13.0. The van der Waals surface area contributed by atoms with E-state index < -0.39 is 10.9 Å². The Hall–Kier alpha value is -1.89. The fourth-order valence-electron chi connectivity index (χ4n) is 1.30. The molecule has 1 rings (SSSR count). The molecule has 0 aliphatic heterocycles. The second-order valence-corrected chi connectivity index (χ2v) is 3.60. The van der Waals surface area contributed by atoms with Crippen LogP contribution in [0.2, 0.25) is 5.02 Å². The van der Waals surface area contributed by atoms with Crippen molar-refractivity contribution in [3.63, 3.8) is 0 Å². The van der Waals surface area contributed by atoms with Crippen molar-refractivity contribution in [1.82, 2.24) is 4.98 Å². The van der Waals surface area contributed by atoms with Crippen LogP contribution in [0, 0.1) is 10.1 Å². The molecule has 0 aliphatic carbocycles. The number of aliphatic carboxylic acids is 1. The summed E-state index contributed by atoms with van der Waals surface area (Å²) in [5.41, 5.74) is -0.305. The second kappa shape index (κ2) is 5.44. The first-order chi connectivity index (χ1) is 7.95. The lowest BCUT2D eigenvalue weighted by molar-refractivity contribution is -0.384. The van der Waals surface area contributed by atoms with E-state index in [2.05, 4.69) is 4.98 Å². The smallest absolute Gasteiger partial charge is 0.323 e. The highest BCUT2D eigenvalue weighted by Crippen LogP contribution is 2.27. The van der Waals surface area contributed by atoms with Crippen LogP contribution in [0.3, 0.4) is 0 Å². The maximum absolute atomic E-state index is 10.8. The summed E-state index contributed by atoms with van der Waals surface area (Å²) in [7, 11) is 0. The molecule has 0 spiro atoms. The standard InChI is InChI=1S/C9H10ClN3O4/c1-2-12(5-8(14)15)9-7(13(16)17)3-6(10)4-11-9/h3-4H,2,5H2,1H3,(H,14,15). The third kappa shape index (κ3) is 3.28. The van der Waals surface area contributed by atoms with E-state index in [0.29, 0.717) is 6.54 Å². The number of carboxylic acids is 1. The summed E-state index contributed by atoms with van der Waals surface area (Å²) >= 11 is 5.61. The third-order valence-corrected chi connectivity index (χ3v) is 2.22. The van der Waals surface area contributed by atoms with Crippen molar-refractivity contribution in [2.24, 2.45) is 0 Å². The average Bonchev–Trinajstić information content (AvgIpc) is 2.25. The van der Waals surface area contributed by atoms with Gasteiger partial charge in [0, 0.05) is 18.8 Å². The third-order valence-electron chi connectivity index (χ3n) is 2.02. The van der Waals surface area contributed by atoms with Crippen LogP contribution in [0.4, 0.5) is 11.5 Å². The van der Waals surface area contributed by atoms with Gasteiger partial charge in [-0.3, -0.25) is 14.9 Å². The minimum Gasteiger partial charge on any atom is -0.480 e. The van der Waals surface area contributed by atoms with Crippen molar-refractivity contribution in [2.45, 2.75) is 6.92 Å². The van der Waals surface area contributed by atoms with Crippen molar-refractivity contribution in [3.8, 4) is 0 Å². The molecule has 8 heteroatoms. The quantitative estimate of drug-likeness (QED) is 0.637. The number of pyridine rings is 1. The van der Waals surface area contributed by atoms with Gasteiger partial charge in [0.05, 0.1) is 9.95 Å². The molecule has 0 aromatic carbocycles. The lowest BCUT2D eigenvalue weighted by Gasteiger charge is -2.18. The van der Waals surface area contributed by atoms with E-state index in [1.54, 1.807) is 6.92 Å². The molecule has 1 N–H and O–H groups in total. The summed E-state index contributed by atoms with van der Waals surface area (Å²) in [6.07, 6.45) is 1.24. The Morgan fingerprint density at radius 2 is 2.35 bits per heavy atom. The first-order valence-corrected chi connectivity index (χ1v) is 5.10. The number of rotatable bonds is 5. The van der Waals surface area contributed by atoms with Crippen LogP contribution in [0.5, 0.6) is 0 Å². The molecule has 0 fully saturated rings. The van der Waals surface area contributed by atoms with Crippen LogP contribution >= 0.6 is 11.6 Å². The zero-order valence-electron chi connectivity index (χ0n) is 8.96. The molecule has 0 saturated heterocycles. The van der Waals surface area contributed by atoms with Gasteiger partial charge in [-0.05, 0) is 6.92 Å². The molecule has 1 aromatic heterocycles. The monoisotopic (exact) mass is 259 g/mol. The summed E-state index contributed by atoms with van der Waals surface area (Å²) in [5, 5.41) is 19.6. The molecule has 0 saturated carbocycles. The normalized spacial score (nSPS) is 10.0. The number of nitro groups is 1.